The predicted octanol–water partition coefficient (Wildman–Crippen LogP) is 1.86. The van der Waals surface area contributed by atoms with E-state index in [1.54, 1.807) is 24.3 Å². The quantitative estimate of drug-likeness (QED) is 0.701. The molecule has 0 aliphatic heterocycles. The molecule has 1 rings (SSSR count). The van der Waals surface area contributed by atoms with E-state index in [1.807, 2.05) is 0 Å². The highest BCUT2D eigenvalue weighted by Crippen LogP contribution is 2.19. The Labute approximate surface area is 117 Å². The Balaban J connectivity index is 0.00000289. The predicted molar refractivity (Wildman–Crippen MR) is 75.6 cm³/mol. The molecule has 0 bridgehead atoms. The van der Waals surface area contributed by atoms with Gasteiger partial charge in [-0.15, -0.1) is 12.4 Å². The molecule has 0 fully saturated rings. The largest absolute Gasteiger partial charge is 0.378 e. The number of urea groups is 1. The van der Waals surface area contributed by atoms with E-state index in [-0.39, 0.29) is 18.4 Å². The molecule has 5 nitrogen and oxygen atoms in total. The van der Waals surface area contributed by atoms with Crippen molar-refractivity contribution in [3.63, 3.8) is 0 Å². The summed E-state index contributed by atoms with van der Waals surface area (Å²) in [4.78, 5) is 11.4. The van der Waals surface area contributed by atoms with Gasteiger partial charge in [0.1, 0.15) is 0 Å². The van der Waals surface area contributed by atoms with Crippen LogP contribution in [0, 0.1) is 0 Å². The molecule has 1 aromatic rings. The van der Waals surface area contributed by atoms with E-state index >= 15 is 0 Å². The van der Waals surface area contributed by atoms with Gasteiger partial charge in [0.2, 0.25) is 0 Å². The average molecular weight is 294 g/mol. The molecule has 0 atom stereocenters. The van der Waals surface area contributed by atoms with Crippen LogP contribution in [0.4, 0.5) is 10.5 Å². The van der Waals surface area contributed by atoms with Crippen LogP contribution in [-0.2, 0) is 4.74 Å². The summed E-state index contributed by atoms with van der Waals surface area (Å²) < 4.78 is 5.11. The molecule has 0 aliphatic carbocycles. The average Bonchev–Trinajstić information content (AvgIpc) is 2.32. The third kappa shape index (κ3) is 6.66. The van der Waals surface area contributed by atoms with Crippen LogP contribution < -0.4 is 16.4 Å². The van der Waals surface area contributed by atoms with Crippen molar-refractivity contribution in [1.29, 1.82) is 0 Å². The lowest BCUT2D eigenvalue weighted by Crippen LogP contribution is -2.32. The minimum Gasteiger partial charge on any atom is -0.378 e. The fourth-order valence-corrected chi connectivity index (χ4v) is 1.33. The van der Waals surface area contributed by atoms with E-state index in [0.29, 0.717) is 37.0 Å². The maximum atomic E-state index is 11.4. The third-order valence-electron chi connectivity index (χ3n) is 1.92. The normalized spacial score (nSPS) is 9.44. The maximum Gasteiger partial charge on any atom is 0.319 e. The molecule has 18 heavy (non-hydrogen) atoms. The van der Waals surface area contributed by atoms with Crippen LogP contribution in [0.2, 0.25) is 5.02 Å². The summed E-state index contributed by atoms with van der Waals surface area (Å²) in [5, 5.41) is 5.78. The minimum absolute atomic E-state index is 0. The summed E-state index contributed by atoms with van der Waals surface area (Å²) in [5.41, 5.74) is 5.83. The molecular weight excluding hydrogens is 277 g/mol. The second-order valence-electron chi connectivity index (χ2n) is 3.26. The van der Waals surface area contributed by atoms with Crippen LogP contribution in [-0.4, -0.2) is 32.3 Å². The highest BCUT2D eigenvalue weighted by atomic mass is 35.5. The Bertz CT molecular complexity index is 364. The third-order valence-corrected chi connectivity index (χ3v) is 2.25. The summed E-state index contributed by atoms with van der Waals surface area (Å²) in [6, 6.07) is 6.72. The highest BCUT2D eigenvalue weighted by Gasteiger charge is 2.03. The number of nitrogens with two attached hydrogens (primary N) is 1. The van der Waals surface area contributed by atoms with Crippen LogP contribution >= 0.6 is 24.0 Å². The van der Waals surface area contributed by atoms with Crippen molar-refractivity contribution in [2.45, 2.75) is 0 Å². The van der Waals surface area contributed by atoms with Crippen molar-refractivity contribution < 1.29 is 9.53 Å². The molecule has 0 saturated carbocycles. The zero-order valence-electron chi connectivity index (χ0n) is 9.82. The van der Waals surface area contributed by atoms with Crippen LogP contribution in [0.15, 0.2) is 24.3 Å². The number of hydrogen-bond acceptors (Lipinski definition) is 3. The van der Waals surface area contributed by atoms with E-state index in [9.17, 15) is 4.79 Å². The Hall–Kier alpha value is -1.01. The second-order valence-corrected chi connectivity index (χ2v) is 3.67. The molecule has 0 spiro atoms. The fourth-order valence-electron chi connectivity index (χ4n) is 1.15. The first-order chi connectivity index (χ1) is 8.24. The molecule has 4 N–H and O–H groups in total. The molecule has 0 radical (unpaired) electrons. The van der Waals surface area contributed by atoms with Crippen LogP contribution in [0.3, 0.4) is 0 Å². The molecule has 0 unspecified atom stereocenters. The van der Waals surface area contributed by atoms with Gasteiger partial charge in [-0.2, -0.15) is 0 Å². The molecule has 102 valence electrons. The number of carbonyl (C=O) groups excluding carboxylic acids is 1. The standard InChI is InChI=1S/C11H16ClN3O2.ClH/c12-9-3-1-2-4-10(9)15-11(16)14-6-8-17-7-5-13;/h1-4H,5-8,13H2,(H2,14,15,16);1H. The lowest BCUT2D eigenvalue weighted by Gasteiger charge is -2.08. The van der Waals surface area contributed by atoms with Crippen molar-refractivity contribution in [2.24, 2.45) is 5.73 Å². The molecule has 0 heterocycles. The molecule has 1 aromatic carbocycles. The monoisotopic (exact) mass is 293 g/mol. The van der Waals surface area contributed by atoms with Crippen molar-refractivity contribution in [3.8, 4) is 0 Å². The van der Waals surface area contributed by atoms with Crippen LogP contribution in [0.1, 0.15) is 0 Å². The van der Waals surface area contributed by atoms with Gasteiger partial charge in [-0.3, -0.25) is 0 Å². The van der Waals surface area contributed by atoms with Crippen molar-refractivity contribution in [3.05, 3.63) is 29.3 Å². The number of nitrogens with one attached hydrogen (secondary N) is 2. The van der Waals surface area contributed by atoms with E-state index in [0.717, 1.165) is 0 Å². The first-order valence-electron chi connectivity index (χ1n) is 5.31. The van der Waals surface area contributed by atoms with Gasteiger partial charge in [-0.05, 0) is 12.1 Å². The number of ether oxygens (including phenoxy) is 1. The SMILES string of the molecule is Cl.NCCOCCNC(=O)Nc1ccccc1Cl. The van der Waals surface area contributed by atoms with Gasteiger partial charge in [-0.25, -0.2) is 4.79 Å². The maximum absolute atomic E-state index is 11.4. The number of rotatable bonds is 6. The van der Waals surface area contributed by atoms with E-state index in [4.69, 9.17) is 22.1 Å². The number of anilines is 1. The van der Waals surface area contributed by atoms with Crippen LogP contribution in [0.5, 0.6) is 0 Å². The Morgan fingerprint density at radius 1 is 1.33 bits per heavy atom. The number of halogens is 2. The van der Waals surface area contributed by atoms with Gasteiger partial charge >= 0.3 is 6.03 Å². The van der Waals surface area contributed by atoms with Crippen molar-refractivity contribution >= 4 is 35.7 Å². The number of amides is 2. The molecule has 7 heteroatoms. The van der Waals surface area contributed by atoms with Gasteiger partial charge in [0.05, 0.1) is 23.9 Å². The number of benzene rings is 1. The van der Waals surface area contributed by atoms with Gasteiger partial charge in [0.25, 0.3) is 0 Å². The molecule has 0 aliphatic rings. The summed E-state index contributed by atoms with van der Waals surface area (Å²) in [6.07, 6.45) is 0. The molecular formula is C11H17Cl2N3O2. The van der Waals surface area contributed by atoms with Gasteiger partial charge in [0.15, 0.2) is 0 Å². The smallest absolute Gasteiger partial charge is 0.319 e. The summed E-state index contributed by atoms with van der Waals surface area (Å²) in [7, 11) is 0. The number of hydrogen-bond donors (Lipinski definition) is 3. The number of carbonyl (C=O) groups is 1. The van der Waals surface area contributed by atoms with E-state index < -0.39 is 0 Å². The van der Waals surface area contributed by atoms with Crippen LogP contribution in [0.25, 0.3) is 0 Å². The Morgan fingerprint density at radius 2 is 2.06 bits per heavy atom. The van der Waals surface area contributed by atoms with Crippen molar-refractivity contribution in [2.75, 3.05) is 31.6 Å². The molecule has 0 saturated heterocycles. The fraction of sp³-hybridized carbons (Fsp3) is 0.364. The summed E-state index contributed by atoms with van der Waals surface area (Å²) in [6.45, 7) is 1.84. The first-order valence-corrected chi connectivity index (χ1v) is 5.69. The Morgan fingerprint density at radius 3 is 2.72 bits per heavy atom. The van der Waals surface area contributed by atoms with Gasteiger partial charge < -0.3 is 21.1 Å². The van der Waals surface area contributed by atoms with Gasteiger partial charge in [-0.1, -0.05) is 23.7 Å². The second kappa shape index (κ2) is 9.96. The molecule has 0 aromatic heterocycles. The zero-order chi connectivity index (χ0) is 12.5. The Kier molecular flexibility index (Phi) is 9.40. The zero-order valence-corrected chi connectivity index (χ0v) is 11.4. The first kappa shape index (κ1) is 17.0. The minimum atomic E-state index is -0.311. The van der Waals surface area contributed by atoms with E-state index in [2.05, 4.69) is 10.6 Å². The molecule has 2 amide bonds. The number of para-hydroxylation sites is 1. The van der Waals surface area contributed by atoms with E-state index in [1.165, 1.54) is 0 Å². The highest BCUT2D eigenvalue weighted by molar-refractivity contribution is 6.33. The van der Waals surface area contributed by atoms with Gasteiger partial charge in [0, 0.05) is 13.1 Å². The summed E-state index contributed by atoms with van der Waals surface area (Å²) >= 11 is 5.89. The summed E-state index contributed by atoms with van der Waals surface area (Å²) in [5.74, 6) is 0. The topological polar surface area (TPSA) is 76.4 Å². The lowest BCUT2D eigenvalue weighted by molar-refractivity contribution is 0.144. The lowest BCUT2D eigenvalue weighted by atomic mass is 10.3. The van der Waals surface area contributed by atoms with Crippen molar-refractivity contribution in [1.82, 2.24) is 5.32 Å².